The van der Waals surface area contributed by atoms with Crippen molar-refractivity contribution in [3.63, 3.8) is 0 Å². The molecule has 6 heteroatoms. The van der Waals surface area contributed by atoms with Crippen molar-refractivity contribution < 1.29 is 14.4 Å². The maximum absolute atomic E-state index is 12.4. The van der Waals surface area contributed by atoms with Crippen molar-refractivity contribution in [3.05, 3.63) is 30.3 Å². The van der Waals surface area contributed by atoms with E-state index < -0.39 is 5.60 Å². The Labute approximate surface area is 111 Å². The van der Waals surface area contributed by atoms with Gasteiger partial charge in [-0.1, -0.05) is 18.2 Å². The molecule has 0 bridgehead atoms. The van der Waals surface area contributed by atoms with Gasteiger partial charge in [-0.25, -0.2) is 5.48 Å². The lowest BCUT2D eigenvalue weighted by Crippen LogP contribution is -2.49. The van der Waals surface area contributed by atoms with Crippen molar-refractivity contribution in [1.29, 1.82) is 0 Å². The summed E-state index contributed by atoms with van der Waals surface area (Å²) in [5, 5.41) is 5.47. The van der Waals surface area contributed by atoms with Gasteiger partial charge in [-0.3, -0.25) is 14.4 Å². The van der Waals surface area contributed by atoms with E-state index in [1.165, 1.54) is 11.9 Å². The molecule has 1 unspecified atom stereocenters. The predicted octanol–water partition coefficient (Wildman–Crippen LogP) is 1.24. The molecule has 6 nitrogen and oxygen atoms in total. The van der Waals surface area contributed by atoms with Crippen molar-refractivity contribution in [2.24, 2.45) is 5.10 Å². The summed E-state index contributed by atoms with van der Waals surface area (Å²) in [5.74, 6) is -0.718. The molecule has 1 aromatic rings. The fourth-order valence-corrected chi connectivity index (χ4v) is 1.68. The molecule has 2 rings (SSSR count). The highest BCUT2D eigenvalue weighted by atomic mass is 16.7. The van der Waals surface area contributed by atoms with E-state index in [0.717, 1.165) is 0 Å². The number of hydrazone groups is 1. The first-order valence-electron chi connectivity index (χ1n) is 5.85. The molecule has 1 N–H and O–H groups in total. The number of benzene rings is 1. The number of nitrogens with zero attached hydrogens (tertiary/aromatic N) is 2. The lowest BCUT2D eigenvalue weighted by molar-refractivity contribution is -0.149. The molecule has 0 fully saturated rings. The maximum Gasteiger partial charge on any atom is 0.288 e. The molecular formula is C13H15N3O3. The van der Waals surface area contributed by atoms with E-state index in [1.807, 2.05) is 18.2 Å². The van der Waals surface area contributed by atoms with Crippen molar-refractivity contribution in [3.8, 4) is 0 Å². The van der Waals surface area contributed by atoms with E-state index in [1.54, 1.807) is 26.0 Å². The Morgan fingerprint density at radius 1 is 1.37 bits per heavy atom. The topological polar surface area (TPSA) is 71.0 Å². The highest BCUT2D eigenvalue weighted by molar-refractivity contribution is 6.21. The molecule has 0 spiro atoms. The SMILES string of the molecule is CC(=O)NOC1(C)C(=O)N(c2ccccc2)N=C1C. The molecule has 2 amide bonds. The standard InChI is InChI=1S/C13H15N3O3/c1-9-13(3,19-15-10(2)17)12(18)16(14-9)11-7-5-4-6-8-11/h4-8H,1-3H3,(H,15,17). The third kappa shape index (κ3) is 2.34. The lowest BCUT2D eigenvalue weighted by Gasteiger charge is -2.23. The van der Waals surface area contributed by atoms with Gasteiger partial charge in [-0.15, -0.1) is 0 Å². The number of amides is 2. The van der Waals surface area contributed by atoms with Crippen molar-refractivity contribution >= 4 is 23.2 Å². The number of carbonyl (C=O) groups is 2. The second-order valence-corrected chi connectivity index (χ2v) is 4.43. The van der Waals surface area contributed by atoms with Gasteiger partial charge in [0.25, 0.3) is 5.91 Å². The summed E-state index contributed by atoms with van der Waals surface area (Å²) < 4.78 is 0. The zero-order chi connectivity index (χ0) is 14.0. The number of carbonyl (C=O) groups excluding carboxylic acids is 2. The Hall–Kier alpha value is -2.21. The minimum atomic E-state index is -1.28. The Morgan fingerprint density at radius 3 is 2.58 bits per heavy atom. The normalized spacial score (nSPS) is 22.4. The summed E-state index contributed by atoms with van der Waals surface area (Å²) in [6.45, 7) is 4.57. The van der Waals surface area contributed by atoms with Crippen LogP contribution in [0.15, 0.2) is 35.4 Å². The van der Waals surface area contributed by atoms with Crippen LogP contribution < -0.4 is 10.5 Å². The van der Waals surface area contributed by atoms with Gasteiger partial charge in [0.1, 0.15) is 0 Å². The molecule has 0 saturated heterocycles. The summed E-state index contributed by atoms with van der Waals surface area (Å²) >= 11 is 0. The summed E-state index contributed by atoms with van der Waals surface area (Å²) in [6, 6.07) is 9.04. The Bertz CT molecular complexity index is 541. The smallest absolute Gasteiger partial charge is 0.273 e. The number of hydroxylamine groups is 1. The molecule has 1 aliphatic rings. The molecule has 0 aromatic heterocycles. The molecule has 1 aromatic carbocycles. The summed E-state index contributed by atoms with van der Waals surface area (Å²) in [6.07, 6.45) is 0. The van der Waals surface area contributed by atoms with Crippen LogP contribution >= 0.6 is 0 Å². The number of nitrogens with one attached hydrogen (secondary N) is 1. The van der Waals surface area contributed by atoms with Crippen LogP contribution in [0.1, 0.15) is 20.8 Å². The second-order valence-electron chi connectivity index (χ2n) is 4.43. The minimum Gasteiger partial charge on any atom is -0.273 e. The van der Waals surface area contributed by atoms with Crippen LogP contribution in [-0.4, -0.2) is 23.1 Å². The summed E-state index contributed by atoms with van der Waals surface area (Å²) in [5.41, 5.74) is 2.05. The molecule has 1 atom stereocenters. The fraction of sp³-hybridized carbons (Fsp3) is 0.308. The molecular weight excluding hydrogens is 246 g/mol. The zero-order valence-electron chi connectivity index (χ0n) is 11.0. The molecule has 100 valence electrons. The fourth-order valence-electron chi connectivity index (χ4n) is 1.68. The van der Waals surface area contributed by atoms with E-state index in [2.05, 4.69) is 10.6 Å². The predicted molar refractivity (Wildman–Crippen MR) is 70.3 cm³/mol. The van der Waals surface area contributed by atoms with Gasteiger partial charge >= 0.3 is 0 Å². The molecule has 1 heterocycles. The Balaban J connectivity index is 2.25. The van der Waals surface area contributed by atoms with Gasteiger partial charge in [-0.2, -0.15) is 10.1 Å². The highest BCUT2D eigenvalue weighted by Gasteiger charge is 2.48. The average Bonchev–Trinajstić information content (AvgIpc) is 2.62. The summed E-state index contributed by atoms with van der Waals surface area (Å²) in [7, 11) is 0. The number of anilines is 1. The number of rotatable bonds is 3. The van der Waals surface area contributed by atoms with Gasteiger partial charge in [-0.05, 0) is 26.0 Å². The Morgan fingerprint density at radius 2 is 2.00 bits per heavy atom. The number of hydrogen-bond acceptors (Lipinski definition) is 4. The molecule has 1 aliphatic heterocycles. The quantitative estimate of drug-likeness (QED) is 0.832. The number of hydrogen-bond donors (Lipinski definition) is 1. The zero-order valence-corrected chi connectivity index (χ0v) is 11.0. The largest absolute Gasteiger partial charge is 0.288 e. The molecule has 0 radical (unpaired) electrons. The third-order valence-corrected chi connectivity index (χ3v) is 2.94. The van der Waals surface area contributed by atoms with Crippen LogP contribution in [0.5, 0.6) is 0 Å². The Kier molecular flexibility index (Phi) is 3.35. The van der Waals surface area contributed by atoms with E-state index in [9.17, 15) is 9.59 Å². The molecule has 0 aliphatic carbocycles. The van der Waals surface area contributed by atoms with E-state index >= 15 is 0 Å². The van der Waals surface area contributed by atoms with Gasteiger partial charge in [0.2, 0.25) is 11.5 Å². The average molecular weight is 261 g/mol. The van der Waals surface area contributed by atoms with Crippen molar-refractivity contribution in [1.82, 2.24) is 5.48 Å². The lowest BCUT2D eigenvalue weighted by atomic mass is 10.0. The van der Waals surface area contributed by atoms with Crippen LogP contribution in [0, 0.1) is 0 Å². The van der Waals surface area contributed by atoms with Crippen LogP contribution in [0.3, 0.4) is 0 Å². The van der Waals surface area contributed by atoms with Gasteiger partial charge in [0, 0.05) is 6.92 Å². The van der Waals surface area contributed by atoms with Crippen LogP contribution in [-0.2, 0) is 14.4 Å². The van der Waals surface area contributed by atoms with Crippen molar-refractivity contribution in [2.75, 3.05) is 5.01 Å². The van der Waals surface area contributed by atoms with Crippen LogP contribution in [0.2, 0.25) is 0 Å². The first-order valence-corrected chi connectivity index (χ1v) is 5.85. The first kappa shape index (κ1) is 13.2. The van der Waals surface area contributed by atoms with E-state index in [4.69, 9.17) is 4.84 Å². The second kappa shape index (κ2) is 4.81. The van der Waals surface area contributed by atoms with E-state index in [-0.39, 0.29) is 11.8 Å². The molecule has 0 saturated carbocycles. The minimum absolute atomic E-state index is 0.343. The monoisotopic (exact) mass is 261 g/mol. The highest BCUT2D eigenvalue weighted by Crippen LogP contribution is 2.28. The number of para-hydroxylation sites is 1. The first-order chi connectivity index (χ1) is 8.95. The maximum atomic E-state index is 12.4. The van der Waals surface area contributed by atoms with Gasteiger partial charge in [0.05, 0.1) is 11.4 Å². The van der Waals surface area contributed by atoms with Gasteiger partial charge < -0.3 is 0 Å². The van der Waals surface area contributed by atoms with E-state index in [0.29, 0.717) is 11.4 Å². The van der Waals surface area contributed by atoms with Crippen LogP contribution in [0.4, 0.5) is 5.69 Å². The van der Waals surface area contributed by atoms with Crippen LogP contribution in [0.25, 0.3) is 0 Å². The third-order valence-electron chi connectivity index (χ3n) is 2.94. The summed E-state index contributed by atoms with van der Waals surface area (Å²) in [4.78, 5) is 28.5. The van der Waals surface area contributed by atoms with Crippen molar-refractivity contribution in [2.45, 2.75) is 26.4 Å². The molecule has 19 heavy (non-hydrogen) atoms. The van der Waals surface area contributed by atoms with Gasteiger partial charge in [0.15, 0.2) is 0 Å².